The normalized spacial score (nSPS) is 19.8. The number of fused-ring (bicyclic) bond motifs is 4. The molecule has 1 aromatic heterocycles. The molecule has 4 heterocycles. The molecule has 1 amide bonds. The SMILES string of the molecule is CCN1C(=O)c2c(nc(NC3CCCCC3)n2Cc2cc(C)c3c(c2)CCO3)N2CCN=C12. The van der Waals surface area contributed by atoms with Gasteiger partial charge in [-0.3, -0.25) is 24.2 Å². The number of anilines is 2. The molecule has 0 atom stereocenters. The van der Waals surface area contributed by atoms with Gasteiger partial charge in [0.2, 0.25) is 11.9 Å². The highest BCUT2D eigenvalue weighted by Gasteiger charge is 2.41. The summed E-state index contributed by atoms with van der Waals surface area (Å²) in [5.74, 6) is 3.32. The second-order valence-electron chi connectivity index (χ2n) is 9.56. The number of aliphatic imine (C=N–C) groups is 1. The number of guanidine groups is 1. The van der Waals surface area contributed by atoms with Gasteiger partial charge in [-0.15, -0.1) is 0 Å². The number of imidazole rings is 1. The number of nitrogens with zero attached hydrogens (tertiary/aromatic N) is 5. The highest BCUT2D eigenvalue weighted by Crippen LogP contribution is 2.36. The van der Waals surface area contributed by atoms with E-state index >= 15 is 0 Å². The van der Waals surface area contributed by atoms with Crippen molar-refractivity contribution in [2.24, 2.45) is 4.99 Å². The third-order valence-corrected chi connectivity index (χ3v) is 7.34. The molecular formula is C25H32N6O2. The second-order valence-corrected chi connectivity index (χ2v) is 9.56. The molecule has 2 aromatic rings. The Kier molecular flexibility index (Phi) is 5.03. The number of carbonyl (C=O) groups is 1. The van der Waals surface area contributed by atoms with Gasteiger partial charge in [0.15, 0.2) is 11.5 Å². The topological polar surface area (TPSA) is 75.0 Å². The molecule has 1 fully saturated rings. The van der Waals surface area contributed by atoms with E-state index in [1.807, 2.05) is 6.92 Å². The van der Waals surface area contributed by atoms with E-state index in [4.69, 9.17) is 9.72 Å². The number of hydrogen-bond donors (Lipinski definition) is 1. The summed E-state index contributed by atoms with van der Waals surface area (Å²) in [5.41, 5.74) is 4.27. The number of carbonyl (C=O) groups excluding carboxylic acids is 1. The highest BCUT2D eigenvalue weighted by atomic mass is 16.5. The van der Waals surface area contributed by atoms with Gasteiger partial charge in [0.1, 0.15) is 5.75 Å². The van der Waals surface area contributed by atoms with E-state index in [1.54, 1.807) is 4.90 Å². The standard InChI is InChI=1S/C25H32N6O2/c1-3-29-23(32)20-22(30-11-10-26-25(29)30)28-24(27-19-7-5-4-6-8-19)31(20)15-17-13-16(2)21-18(14-17)9-12-33-21/h13-14,19H,3-12,15H2,1-2H3,(H,27,28). The fourth-order valence-electron chi connectivity index (χ4n) is 5.76. The number of ether oxygens (including phenoxy) is 1. The van der Waals surface area contributed by atoms with Gasteiger partial charge < -0.3 is 10.1 Å². The van der Waals surface area contributed by atoms with E-state index in [0.29, 0.717) is 31.4 Å². The molecule has 0 spiro atoms. The lowest BCUT2D eigenvalue weighted by molar-refractivity contribution is 0.0836. The lowest BCUT2D eigenvalue weighted by atomic mass is 9.96. The van der Waals surface area contributed by atoms with Crippen molar-refractivity contribution in [2.75, 3.05) is 36.5 Å². The van der Waals surface area contributed by atoms with Gasteiger partial charge in [0.05, 0.1) is 19.7 Å². The average Bonchev–Trinajstić information content (AvgIpc) is 3.55. The molecule has 1 N–H and O–H groups in total. The molecule has 8 heteroatoms. The lowest BCUT2D eigenvalue weighted by Gasteiger charge is -2.32. The van der Waals surface area contributed by atoms with Crippen LogP contribution in [0, 0.1) is 6.92 Å². The van der Waals surface area contributed by atoms with Gasteiger partial charge >= 0.3 is 0 Å². The van der Waals surface area contributed by atoms with Crippen molar-refractivity contribution in [3.63, 3.8) is 0 Å². The predicted octanol–water partition coefficient (Wildman–Crippen LogP) is 3.57. The van der Waals surface area contributed by atoms with Crippen LogP contribution in [0.3, 0.4) is 0 Å². The van der Waals surface area contributed by atoms with Crippen molar-refractivity contribution >= 4 is 23.6 Å². The monoisotopic (exact) mass is 448 g/mol. The predicted molar refractivity (Wildman–Crippen MR) is 129 cm³/mol. The van der Waals surface area contributed by atoms with Gasteiger partial charge in [-0.25, -0.2) is 0 Å². The molecule has 6 rings (SSSR count). The first-order chi connectivity index (χ1) is 16.1. The first-order valence-corrected chi connectivity index (χ1v) is 12.4. The zero-order chi connectivity index (χ0) is 22.5. The van der Waals surface area contributed by atoms with E-state index in [-0.39, 0.29) is 5.91 Å². The molecular weight excluding hydrogens is 416 g/mol. The summed E-state index contributed by atoms with van der Waals surface area (Å²) in [6.07, 6.45) is 7.03. The van der Waals surface area contributed by atoms with Crippen LogP contribution in [-0.4, -0.2) is 58.6 Å². The van der Waals surface area contributed by atoms with Gasteiger partial charge in [-0.2, -0.15) is 4.98 Å². The molecule has 0 saturated heterocycles. The third kappa shape index (κ3) is 3.38. The minimum absolute atomic E-state index is 0.00481. The minimum atomic E-state index is -0.00481. The number of rotatable bonds is 5. The number of hydrogen-bond acceptors (Lipinski definition) is 6. The Morgan fingerprint density at radius 1 is 1.21 bits per heavy atom. The van der Waals surface area contributed by atoms with Crippen LogP contribution in [0.25, 0.3) is 0 Å². The third-order valence-electron chi connectivity index (χ3n) is 7.34. The Morgan fingerprint density at radius 3 is 2.88 bits per heavy atom. The first-order valence-electron chi connectivity index (χ1n) is 12.4. The molecule has 0 unspecified atom stereocenters. The number of aryl methyl sites for hydroxylation is 1. The maximum absolute atomic E-state index is 13.7. The fourth-order valence-corrected chi connectivity index (χ4v) is 5.76. The van der Waals surface area contributed by atoms with Crippen molar-refractivity contribution < 1.29 is 9.53 Å². The van der Waals surface area contributed by atoms with Crippen LogP contribution in [-0.2, 0) is 13.0 Å². The molecule has 33 heavy (non-hydrogen) atoms. The van der Waals surface area contributed by atoms with Crippen molar-refractivity contribution in [1.29, 1.82) is 0 Å². The fraction of sp³-hybridized carbons (Fsp3) is 0.560. The lowest BCUT2D eigenvalue weighted by Crippen LogP contribution is -2.50. The van der Waals surface area contributed by atoms with Crippen LogP contribution in [0.4, 0.5) is 11.8 Å². The Balaban J connectivity index is 1.44. The molecule has 1 saturated carbocycles. The quantitative estimate of drug-likeness (QED) is 0.757. The number of aromatic nitrogens is 2. The Morgan fingerprint density at radius 2 is 2.06 bits per heavy atom. The number of nitrogens with one attached hydrogen (secondary N) is 1. The van der Waals surface area contributed by atoms with Crippen LogP contribution in [0.2, 0.25) is 0 Å². The summed E-state index contributed by atoms with van der Waals surface area (Å²) in [4.78, 5) is 27.2. The molecule has 8 nitrogen and oxygen atoms in total. The molecule has 4 aliphatic rings. The Hall–Kier alpha value is -3.03. The smallest absolute Gasteiger partial charge is 0.281 e. The summed E-state index contributed by atoms with van der Waals surface area (Å²) in [6.45, 7) is 7.52. The van der Waals surface area contributed by atoms with Crippen LogP contribution >= 0.6 is 0 Å². The van der Waals surface area contributed by atoms with Gasteiger partial charge in [0, 0.05) is 25.6 Å². The first kappa shape index (κ1) is 20.6. The Labute approximate surface area is 194 Å². The Bertz CT molecular complexity index is 1130. The number of amides is 1. The average molecular weight is 449 g/mol. The molecule has 174 valence electrons. The summed E-state index contributed by atoms with van der Waals surface area (Å²) >= 11 is 0. The van der Waals surface area contributed by atoms with Crippen LogP contribution < -0.4 is 15.0 Å². The second kappa shape index (κ2) is 8.08. The molecule has 3 aliphatic heterocycles. The van der Waals surface area contributed by atoms with Crippen molar-refractivity contribution in [3.05, 3.63) is 34.5 Å². The molecule has 1 aromatic carbocycles. The van der Waals surface area contributed by atoms with E-state index in [1.165, 1.54) is 30.4 Å². The van der Waals surface area contributed by atoms with Gasteiger partial charge in [0.25, 0.3) is 5.91 Å². The van der Waals surface area contributed by atoms with Crippen molar-refractivity contribution in [2.45, 2.75) is 65.0 Å². The van der Waals surface area contributed by atoms with Crippen LogP contribution in [0.15, 0.2) is 17.1 Å². The summed E-state index contributed by atoms with van der Waals surface area (Å²) in [7, 11) is 0. The molecule has 1 aliphatic carbocycles. The van der Waals surface area contributed by atoms with Gasteiger partial charge in [-0.05, 0) is 43.4 Å². The highest BCUT2D eigenvalue weighted by molar-refractivity contribution is 6.18. The molecule has 0 bridgehead atoms. The summed E-state index contributed by atoms with van der Waals surface area (Å²) in [6, 6.07) is 4.83. The zero-order valence-corrected chi connectivity index (χ0v) is 19.6. The number of benzene rings is 1. The zero-order valence-electron chi connectivity index (χ0n) is 19.6. The van der Waals surface area contributed by atoms with Crippen LogP contribution in [0.5, 0.6) is 5.75 Å². The summed E-state index contributed by atoms with van der Waals surface area (Å²) < 4.78 is 7.93. The van der Waals surface area contributed by atoms with Crippen molar-refractivity contribution in [3.8, 4) is 5.75 Å². The molecule has 0 radical (unpaired) electrons. The van der Waals surface area contributed by atoms with Gasteiger partial charge in [-0.1, -0.05) is 31.4 Å². The van der Waals surface area contributed by atoms with E-state index in [0.717, 1.165) is 61.5 Å². The van der Waals surface area contributed by atoms with E-state index in [9.17, 15) is 4.79 Å². The van der Waals surface area contributed by atoms with Crippen molar-refractivity contribution in [1.82, 2.24) is 14.5 Å². The van der Waals surface area contributed by atoms with E-state index in [2.05, 4.69) is 38.8 Å². The minimum Gasteiger partial charge on any atom is -0.493 e. The largest absolute Gasteiger partial charge is 0.493 e. The van der Waals surface area contributed by atoms with E-state index < -0.39 is 0 Å². The maximum Gasteiger partial charge on any atom is 0.281 e. The van der Waals surface area contributed by atoms with Crippen LogP contribution in [0.1, 0.15) is 66.2 Å². The summed E-state index contributed by atoms with van der Waals surface area (Å²) in [5, 5.41) is 3.72. The maximum atomic E-state index is 13.7.